The third-order valence-corrected chi connectivity index (χ3v) is 3.06. The number of rotatable bonds is 3. The van der Waals surface area contributed by atoms with Crippen molar-refractivity contribution in [3.8, 4) is 0 Å². The highest BCUT2D eigenvalue weighted by atomic mass is 16.5. The Morgan fingerprint density at radius 2 is 2.28 bits per heavy atom. The molecule has 1 aliphatic heterocycles. The summed E-state index contributed by atoms with van der Waals surface area (Å²) in [4.78, 5) is 13.1. The van der Waals surface area contributed by atoms with Gasteiger partial charge in [-0.05, 0) is 6.92 Å². The highest BCUT2D eigenvalue weighted by molar-refractivity contribution is 5.51. The second kappa shape index (κ2) is 5.49. The molecular weight excluding hydrogens is 230 g/mol. The van der Waals surface area contributed by atoms with Gasteiger partial charge in [-0.1, -0.05) is 0 Å². The van der Waals surface area contributed by atoms with Crippen LogP contribution in [0.4, 0.5) is 11.6 Å². The summed E-state index contributed by atoms with van der Waals surface area (Å²) in [6.45, 7) is 4.69. The first kappa shape index (κ1) is 13.0. The third-order valence-electron chi connectivity index (χ3n) is 3.06. The van der Waals surface area contributed by atoms with E-state index in [1.54, 1.807) is 0 Å². The van der Waals surface area contributed by atoms with Crippen molar-refractivity contribution in [2.75, 3.05) is 50.2 Å². The summed E-state index contributed by atoms with van der Waals surface area (Å²) in [7, 11) is 3.95. The quantitative estimate of drug-likeness (QED) is 0.816. The normalized spacial score (nSPS) is 20.0. The number of aromatic nitrogens is 2. The van der Waals surface area contributed by atoms with Crippen molar-refractivity contribution in [2.45, 2.75) is 13.0 Å². The van der Waals surface area contributed by atoms with Gasteiger partial charge in [-0.25, -0.2) is 9.97 Å². The molecule has 18 heavy (non-hydrogen) atoms. The van der Waals surface area contributed by atoms with E-state index in [0.29, 0.717) is 13.2 Å². The van der Waals surface area contributed by atoms with Gasteiger partial charge in [-0.15, -0.1) is 0 Å². The predicted molar refractivity (Wildman–Crippen MR) is 72.1 cm³/mol. The Morgan fingerprint density at radius 1 is 1.50 bits per heavy atom. The van der Waals surface area contributed by atoms with Crippen molar-refractivity contribution in [1.82, 2.24) is 9.97 Å². The van der Waals surface area contributed by atoms with E-state index in [1.165, 1.54) is 0 Å². The van der Waals surface area contributed by atoms with E-state index in [0.717, 1.165) is 30.6 Å². The zero-order valence-electron chi connectivity index (χ0n) is 11.3. The van der Waals surface area contributed by atoms with E-state index in [-0.39, 0.29) is 6.04 Å². The summed E-state index contributed by atoms with van der Waals surface area (Å²) in [6, 6.07) is 2.20. The summed E-state index contributed by atoms with van der Waals surface area (Å²) in [5.41, 5.74) is 5.79. The zero-order valence-corrected chi connectivity index (χ0v) is 11.3. The predicted octanol–water partition coefficient (Wildman–Crippen LogP) is 0.0149. The van der Waals surface area contributed by atoms with Crippen molar-refractivity contribution in [3.63, 3.8) is 0 Å². The Hall–Kier alpha value is -1.40. The zero-order chi connectivity index (χ0) is 13.1. The standard InChI is InChI=1S/C12H21N5O/c1-9-14-11(16(2)3)6-12(15-9)17-4-5-18-8-10(17)7-13/h6,10H,4-5,7-8,13H2,1-3H3. The molecule has 0 radical (unpaired) electrons. The highest BCUT2D eigenvalue weighted by Crippen LogP contribution is 2.21. The number of nitrogens with zero attached hydrogens (tertiary/aromatic N) is 4. The van der Waals surface area contributed by atoms with Gasteiger partial charge in [0.2, 0.25) is 0 Å². The van der Waals surface area contributed by atoms with Gasteiger partial charge in [0.25, 0.3) is 0 Å². The maximum absolute atomic E-state index is 5.79. The van der Waals surface area contributed by atoms with Gasteiger partial charge in [0.1, 0.15) is 17.5 Å². The van der Waals surface area contributed by atoms with Gasteiger partial charge in [-0.2, -0.15) is 0 Å². The van der Waals surface area contributed by atoms with E-state index in [2.05, 4.69) is 14.9 Å². The molecular formula is C12H21N5O. The molecule has 0 aromatic carbocycles. The molecule has 1 aromatic rings. The Balaban J connectivity index is 2.30. The second-order valence-corrected chi connectivity index (χ2v) is 4.68. The third kappa shape index (κ3) is 2.70. The summed E-state index contributed by atoms with van der Waals surface area (Å²) in [5.74, 6) is 2.63. The minimum atomic E-state index is 0.197. The molecule has 0 bridgehead atoms. The first-order chi connectivity index (χ1) is 8.61. The van der Waals surface area contributed by atoms with Crippen molar-refractivity contribution < 1.29 is 4.74 Å². The van der Waals surface area contributed by atoms with Crippen LogP contribution in [0, 0.1) is 6.92 Å². The first-order valence-corrected chi connectivity index (χ1v) is 6.19. The van der Waals surface area contributed by atoms with Crippen LogP contribution < -0.4 is 15.5 Å². The second-order valence-electron chi connectivity index (χ2n) is 4.68. The van der Waals surface area contributed by atoms with Crippen molar-refractivity contribution in [3.05, 3.63) is 11.9 Å². The van der Waals surface area contributed by atoms with Crippen LogP contribution in [0.5, 0.6) is 0 Å². The van der Waals surface area contributed by atoms with Crippen LogP contribution in [-0.2, 0) is 4.74 Å². The summed E-state index contributed by atoms with van der Waals surface area (Å²) in [6.07, 6.45) is 0. The molecule has 1 aromatic heterocycles. The molecule has 1 saturated heterocycles. The van der Waals surface area contributed by atoms with Crippen LogP contribution in [0.1, 0.15) is 5.82 Å². The molecule has 2 rings (SSSR count). The number of nitrogens with two attached hydrogens (primary N) is 1. The largest absolute Gasteiger partial charge is 0.377 e. The summed E-state index contributed by atoms with van der Waals surface area (Å²) < 4.78 is 5.46. The monoisotopic (exact) mass is 251 g/mol. The number of ether oxygens (including phenoxy) is 1. The van der Waals surface area contributed by atoms with E-state index < -0.39 is 0 Å². The van der Waals surface area contributed by atoms with Gasteiger partial charge in [0.15, 0.2) is 0 Å². The maximum Gasteiger partial charge on any atom is 0.134 e. The molecule has 6 heteroatoms. The molecule has 0 saturated carbocycles. The van der Waals surface area contributed by atoms with Crippen LogP contribution >= 0.6 is 0 Å². The van der Waals surface area contributed by atoms with Crippen LogP contribution in [0.25, 0.3) is 0 Å². The number of hydrogen-bond acceptors (Lipinski definition) is 6. The Labute approximate surface area is 108 Å². The summed E-state index contributed by atoms with van der Waals surface area (Å²) >= 11 is 0. The van der Waals surface area contributed by atoms with E-state index in [4.69, 9.17) is 10.5 Å². The molecule has 0 aliphatic carbocycles. The average Bonchev–Trinajstić information content (AvgIpc) is 2.38. The van der Waals surface area contributed by atoms with Crippen molar-refractivity contribution in [1.29, 1.82) is 0 Å². The lowest BCUT2D eigenvalue weighted by Gasteiger charge is -2.36. The lowest BCUT2D eigenvalue weighted by molar-refractivity contribution is 0.0958. The number of anilines is 2. The Bertz CT molecular complexity index is 409. The molecule has 100 valence electrons. The molecule has 6 nitrogen and oxygen atoms in total. The van der Waals surface area contributed by atoms with E-state index >= 15 is 0 Å². The van der Waals surface area contributed by atoms with Crippen LogP contribution in [0.15, 0.2) is 6.07 Å². The van der Waals surface area contributed by atoms with Crippen molar-refractivity contribution >= 4 is 11.6 Å². The minimum absolute atomic E-state index is 0.197. The first-order valence-electron chi connectivity index (χ1n) is 6.19. The number of morpholine rings is 1. The Morgan fingerprint density at radius 3 is 2.94 bits per heavy atom. The van der Waals surface area contributed by atoms with E-state index in [1.807, 2.05) is 32.0 Å². The van der Waals surface area contributed by atoms with E-state index in [9.17, 15) is 0 Å². The Kier molecular flexibility index (Phi) is 3.98. The lowest BCUT2D eigenvalue weighted by atomic mass is 10.2. The molecule has 1 atom stereocenters. The van der Waals surface area contributed by atoms with Crippen LogP contribution in [-0.4, -0.2) is 56.4 Å². The van der Waals surface area contributed by atoms with Gasteiger partial charge in [-0.3, -0.25) is 0 Å². The molecule has 1 fully saturated rings. The van der Waals surface area contributed by atoms with Crippen LogP contribution in [0.2, 0.25) is 0 Å². The van der Waals surface area contributed by atoms with Crippen LogP contribution in [0.3, 0.4) is 0 Å². The fourth-order valence-electron chi connectivity index (χ4n) is 2.06. The lowest BCUT2D eigenvalue weighted by Crippen LogP contribution is -2.50. The van der Waals surface area contributed by atoms with Crippen molar-refractivity contribution in [2.24, 2.45) is 5.73 Å². The van der Waals surface area contributed by atoms with Gasteiger partial charge in [0, 0.05) is 33.3 Å². The SMILES string of the molecule is Cc1nc(N(C)C)cc(N2CCOCC2CN)n1. The van der Waals surface area contributed by atoms with Gasteiger partial charge < -0.3 is 20.3 Å². The fourth-order valence-corrected chi connectivity index (χ4v) is 2.06. The molecule has 2 N–H and O–H groups in total. The smallest absolute Gasteiger partial charge is 0.134 e. The fraction of sp³-hybridized carbons (Fsp3) is 0.667. The molecule has 2 heterocycles. The molecule has 1 aliphatic rings. The van der Waals surface area contributed by atoms with Gasteiger partial charge >= 0.3 is 0 Å². The molecule has 1 unspecified atom stereocenters. The minimum Gasteiger partial charge on any atom is -0.377 e. The number of aryl methyl sites for hydroxylation is 1. The number of hydrogen-bond donors (Lipinski definition) is 1. The molecule has 0 spiro atoms. The molecule has 0 amide bonds. The average molecular weight is 251 g/mol. The maximum atomic E-state index is 5.79. The summed E-state index contributed by atoms with van der Waals surface area (Å²) in [5, 5.41) is 0. The topological polar surface area (TPSA) is 67.5 Å². The van der Waals surface area contributed by atoms with Gasteiger partial charge in [0.05, 0.1) is 19.3 Å². The highest BCUT2D eigenvalue weighted by Gasteiger charge is 2.23.